The second-order valence-corrected chi connectivity index (χ2v) is 11.3. The molecule has 2 aliphatic heterocycles. The van der Waals surface area contributed by atoms with Crippen LogP contribution in [0.5, 0.6) is 5.88 Å². The number of piperazine rings is 1. The van der Waals surface area contributed by atoms with Crippen LogP contribution < -0.4 is 19.7 Å². The maximum Gasteiger partial charge on any atom is 0.231 e. The molecule has 2 N–H and O–H groups in total. The van der Waals surface area contributed by atoms with Crippen molar-refractivity contribution in [3.8, 4) is 17.1 Å². The summed E-state index contributed by atoms with van der Waals surface area (Å²) >= 11 is 0. The molecular formula is C28H35FN6O3S. The molecule has 2 saturated heterocycles. The third kappa shape index (κ3) is 6.73. The molecule has 4 heterocycles. The Morgan fingerprint density at radius 3 is 2.62 bits per heavy atom. The van der Waals surface area contributed by atoms with Crippen molar-refractivity contribution in [2.24, 2.45) is 0 Å². The van der Waals surface area contributed by atoms with Crippen LogP contribution in [0.1, 0.15) is 19.4 Å². The van der Waals surface area contributed by atoms with E-state index in [4.69, 9.17) is 9.47 Å². The van der Waals surface area contributed by atoms with Gasteiger partial charge < -0.3 is 24.4 Å². The summed E-state index contributed by atoms with van der Waals surface area (Å²) in [6, 6.07) is 11.3. The lowest BCUT2D eigenvalue weighted by atomic mass is 10.1. The number of nitrogens with zero attached hydrogens (tertiary/aromatic N) is 4. The molecule has 39 heavy (non-hydrogen) atoms. The minimum atomic E-state index is -1.67. The number of benzene rings is 1. The SMILES string of the molecule is COc1ncc(N2CCOCC2)cc1S(=O)Nc1ccnc(-c2ccc(CN3C[C@@H](C)N[C@@H](C)C3)cc2F)c1. The van der Waals surface area contributed by atoms with Gasteiger partial charge in [0.2, 0.25) is 5.88 Å². The number of aromatic nitrogens is 2. The van der Waals surface area contributed by atoms with Crippen LogP contribution in [0.2, 0.25) is 0 Å². The number of hydrogen-bond acceptors (Lipinski definition) is 8. The maximum absolute atomic E-state index is 15.2. The molecule has 0 amide bonds. The first-order chi connectivity index (χ1) is 18.9. The molecule has 9 nitrogen and oxygen atoms in total. The van der Waals surface area contributed by atoms with E-state index >= 15 is 4.39 Å². The zero-order chi connectivity index (χ0) is 27.4. The highest BCUT2D eigenvalue weighted by Crippen LogP contribution is 2.29. The second kappa shape index (κ2) is 12.4. The lowest BCUT2D eigenvalue weighted by Crippen LogP contribution is -2.53. The highest BCUT2D eigenvalue weighted by Gasteiger charge is 2.22. The summed E-state index contributed by atoms with van der Waals surface area (Å²) in [6.45, 7) is 9.62. The number of hydrogen-bond donors (Lipinski definition) is 2. The molecule has 1 unspecified atom stereocenters. The van der Waals surface area contributed by atoms with Gasteiger partial charge in [-0.15, -0.1) is 0 Å². The third-order valence-electron chi connectivity index (χ3n) is 6.89. The standard InChI is InChI=1S/C28H35FN6O3S/c1-19-16-34(17-20(2)32-19)18-21-4-5-24(25(29)12-21)26-13-22(6-7-30-26)33-39(36)27-14-23(15-31-28(27)37-3)35-8-10-38-11-9-35/h4-7,12-15,19-20,32H,8-11,16-18H2,1-3H3,(H,30,33)/t19-,20+,39?. The molecule has 3 aromatic rings. The van der Waals surface area contributed by atoms with E-state index < -0.39 is 11.0 Å². The molecule has 2 aromatic heterocycles. The summed E-state index contributed by atoms with van der Waals surface area (Å²) in [6.07, 6.45) is 3.29. The molecule has 0 bridgehead atoms. The average molecular weight is 555 g/mol. The Morgan fingerprint density at radius 1 is 1.13 bits per heavy atom. The Morgan fingerprint density at radius 2 is 1.90 bits per heavy atom. The van der Waals surface area contributed by atoms with E-state index in [1.165, 1.54) is 7.11 Å². The third-order valence-corrected chi connectivity index (χ3v) is 8.01. The smallest absolute Gasteiger partial charge is 0.231 e. The van der Waals surface area contributed by atoms with Gasteiger partial charge in [-0.3, -0.25) is 9.88 Å². The molecule has 0 spiro atoms. The van der Waals surface area contributed by atoms with Crippen molar-refractivity contribution in [3.63, 3.8) is 0 Å². The number of nitrogens with one attached hydrogen (secondary N) is 2. The van der Waals surface area contributed by atoms with Crippen molar-refractivity contribution < 1.29 is 18.1 Å². The topological polar surface area (TPSA) is 91.9 Å². The summed E-state index contributed by atoms with van der Waals surface area (Å²) in [4.78, 5) is 13.6. The number of anilines is 2. The van der Waals surface area contributed by atoms with E-state index in [1.807, 2.05) is 12.1 Å². The van der Waals surface area contributed by atoms with E-state index in [0.717, 1.165) is 37.4 Å². The van der Waals surface area contributed by atoms with Gasteiger partial charge in [0.1, 0.15) is 10.7 Å². The molecule has 1 aromatic carbocycles. The van der Waals surface area contributed by atoms with Crippen molar-refractivity contribution in [1.82, 2.24) is 20.2 Å². The number of ether oxygens (including phenoxy) is 2. The van der Waals surface area contributed by atoms with Gasteiger partial charge in [-0.05, 0) is 49.7 Å². The van der Waals surface area contributed by atoms with E-state index in [1.54, 1.807) is 36.7 Å². The summed E-state index contributed by atoms with van der Waals surface area (Å²) in [7, 11) is -0.174. The maximum atomic E-state index is 15.2. The Bertz CT molecular complexity index is 1310. The molecule has 0 saturated carbocycles. The van der Waals surface area contributed by atoms with Crippen molar-refractivity contribution in [1.29, 1.82) is 0 Å². The Balaban J connectivity index is 1.31. The zero-order valence-electron chi connectivity index (χ0n) is 22.5. The van der Waals surface area contributed by atoms with Crippen LogP contribution in [-0.2, 0) is 22.3 Å². The largest absolute Gasteiger partial charge is 0.480 e. The predicted octanol–water partition coefficient (Wildman–Crippen LogP) is 3.44. The van der Waals surface area contributed by atoms with Gasteiger partial charge >= 0.3 is 0 Å². The van der Waals surface area contributed by atoms with Crippen LogP contribution in [0.15, 0.2) is 53.7 Å². The molecule has 11 heteroatoms. The number of morpholine rings is 1. The van der Waals surface area contributed by atoms with Gasteiger partial charge in [0, 0.05) is 56.6 Å². The molecular weight excluding hydrogens is 519 g/mol. The molecule has 3 atom stereocenters. The van der Waals surface area contributed by atoms with Crippen LogP contribution in [0, 0.1) is 5.82 Å². The average Bonchev–Trinajstić information content (AvgIpc) is 2.93. The van der Waals surface area contributed by atoms with Gasteiger partial charge in [0.15, 0.2) is 11.0 Å². The van der Waals surface area contributed by atoms with E-state index in [-0.39, 0.29) is 11.7 Å². The lowest BCUT2D eigenvalue weighted by Gasteiger charge is -2.36. The molecule has 208 valence electrons. The van der Waals surface area contributed by atoms with Crippen LogP contribution in [-0.4, -0.2) is 77.7 Å². The highest BCUT2D eigenvalue weighted by molar-refractivity contribution is 7.86. The molecule has 0 aliphatic carbocycles. The Labute approximate surface area is 231 Å². The first-order valence-corrected chi connectivity index (χ1v) is 14.3. The second-order valence-electron chi connectivity index (χ2n) is 10.1. The minimum Gasteiger partial charge on any atom is -0.480 e. The normalized spacial score (nSPS) is 21.0. The van der Waals surface area contributed by atoms with Crippen molar-refractivity contribution in [3.05, 3.63) is 60.2 Å². The molecule has 2 aliphatic rings. The lowest BCUT2D eigenvalue weighted by molar-refractivity contribution is 0.122. The fourth-order valence-corrected chi connectivity index (χ4v) is 6.17. The first kappa shape index (κ1) is 27.4. The minimum absolute atomic E-state index is 0.280. The molecule has 5 rings (SSSR count). The molecule has 0 radical (unpaired) electrons. The van der Waals surface area contributed by atoms with Crippen molar-refractivity contribution in [2.75, 3.05) is 56.1 Å². The van der Waals surface area contributed by atoms with Crippen LogP contribution >= 0.6 is 0 Å². The van der Waals surface area contributed by atoms with Crippen molar-refractivity contribution in [2.45, 2.75) is 37.4 Å². The monoisotopic (exact) mass is 554 g/mol. The van der Waals surface area contributed by atoms with Crippen molar-refractivity contribution >= 4 is 22.4 Å². The first-order valence-electron chi connectivity index (χ1n) is 13.2. The number of halogens is 1. The van der Waals surface area contributed by atoms with Gasteiger partial charge in [-0.1, -0.05) is 6.07 Å². The predicted molar refractivity (Wildman–Crippen MR) is 151 cm³/mol. The van der Waals surface area contributed by atoms with E-state index in [2.05, 4.69) is 43.7 Å². The van der Waals surface area contributed by atoms with Gasteiger partial charge in [0.25, 0.3) is 0 Å². The fraction of sp³-hybridized carbons (Fsp3) is 0.429. The quantitative estimate of drug-likeness (QED) is 0.438. The fourth-order valence-electron chi connectivity index (χ4n) is 5.20. The number of pyridine rings is 2. The summed E-state index contributed by atoms with van der Waals surface area (Å²) < 4.78 is 42.4. The summed E-state index contributed by atoms with van der Waals surface area (Å²) in [5.74, 6) is -0.0550. The number of rotatable bonds is 8. The molecule has 2 fully saturated rings. The van der Waals surface area contributed by atoms with Gasteiger partial charge in [-0.2, -0.15) is 0 Å². The Hall–Kier alpha value is -3.12. The summed E-state index contributed by atoms with van der Waals surface area (Å²) in [5.41, 5.74) is 3.17. The van der Waals surface area contributed by atoms with E-state index in [0.29, 0.717) is 53.7 Å². The van der Waals surface area contributed by atoms with E-state index in [9.17, 15) is 4.21 Å². The highest BCUT2D eigenvalue weighted by atomic mass is 32.2. The number of methoxy groups -OCH3 is 1. The summed E-state index contributed by atoms with van der Waals surface area (Å²) in [5, 5.41) is 3.52. The van der Waals surface area contributed by atoms with Gasteiger partial charge in [0.05, 0.1) is 43.6 Å². The Kier molecular flexibility index (Phi) is 8.71. The van der Waals surface area contributed by atoms with Crippen LogP contribution in [0.4, 0.5) is 15.8 Å². The van der Waals surface area contributed by atoms with Gasteiger partial charge in [-0.25, -0.2) is 13.6 Å². The van der Waals surface area contributed by atoms with Crippen LogP contribution in [0.25, 0.3) is 11.3 Å². The van der Waals surface area contributed by atoms with Crippen LogP contribution in [0.3, 0.4) is 0 Å². The zero-order valence-corrected chi connectivity index (χ0v) is 23.3.